The Labute approximate surface area is 105 Å². The fourth-order valence-corrected chi connectivity index (χ4v) is 2.09. The molecule has 0 saturated carbocycles. The first-order chi connectivity index (χ1) is 7.42. The highest BCUT2D eigenvalue weighted by atomic mass is 16.8. The molecule has 3 nitrogen and oxygen atoms in total. The molecule has 0 aromatic carbocycles. The Hall–Kier alpha value is -0.120. The van der Waals surface area contributed by atoms with Crippen LogP contribution >= 0.6 is 0 Å². The van der Waals surface area contributed by atoms with Gasteiger partial charge in [-0.25, -0.2) is 0 Å². The van der Waals surface area contributed by atoms with Crippen molar-refractivity contribution in [3.05, 3.63) is 0 Å². The molecule has 2 aliphatic rings. The number of rotatable bonds is 2. The van der Waals surface area contributed by atoms with E-state index >= 15 is 0 Å². The molecular weight excluding hydrogens is 216 g/mol. The van der Waals surface area contributed by atoms with Crippen LogP contribution in [-0.4, -0.2) is 23.8 Å². The highest BCUT2D eigenvalue weighted by Gasteiger charge is 2.63. The smallest absolute Gasteiger partial charge is 0.169 e. The molecule has 0 radical (unpaired) electrons. The van der Waals surface area contributed by atoms with Gasteiger partial charge in [-0.05, 0) is 27.7 Å². The van der Waals surface area contributed by atoms with E-state index in [1.165, 1.54) is 0 Å². The summed E-state index contributed by atoms with van der Waals surface area (Å²) in [7, 11) is 0. The molecule has 100 valence electrons. The van der Waals surface area contributed by atoms with E-state index in [1.807, 2.05) is 0 Å². The van der Waals surface area contributed by atoms with Crippen LogP contribution in [0.5, 0.6) is 0 Å². The van der Waals surface area contributed by atoms with E-state index in [9.17, 15) is 0 Å². The van der Waals surface area contributed by atoms with Crippen LogP contribution in [0.2, 0.25) is 0 Å². The van der Waals surface area contributed by atoms with Gasteiger partial charge < -0.3 is 14.2 Å². The van der Waals surface area contributed by atoms with Gasteiger partial charge in [-0.1, -0.05) is 27.7 Å². The van der Waals surface area contributed by atoms with Crippen LogP contribution in [0.3, 0.4) is 0 Å². The molecule has 2 fully saturated rings. The molecule has 2 heterocycles. The van der Waals surface area contributed by atoms with Gasteiger partial charge in [-0.2, -0.15) is 0 Å². The Morgan fingerprint density at radius 1 is 0.647 bits per heavy atom. The largest absolute Gasteiger partial charge is 0.345 e. The second-order valence-corrected chi connectivity index (χ2v) is 7.50. The molecule has 17 heavy (non-hydrogen) atoms. The standard InChI is InChI=1S/C14H26O3/c1-11(2)9(16-13(11,5)6)15-10-12(3,4)14(7,8)17-10/h9-10H,1-8H3. The minimum atomic E-state index is -0.169. The van der Waals surface area contributed by atoms with Crippen LogP contribution in [0.1, 0.15) is 55.4 Å². The molecule has 2 rings (SSSR count). The Balaban J connectivity index is 1.98. The van der Waals surface area contributed by atoms with Gasteiger partial charge in [0, 0.05) is 10.8 Å². The lowest BCUT2D eigenvalue weighted by molar-refractivity contribution is -0.470. The van der Waals surface area contributed by atoms with E-state index in [0.717, 1.165) is 0 Å². The molecule has 2 aliphatic heterocycles. The molecule has 3 heteroatoms. The lowest BCUT2D eigenvalue weighted by Gasteiger charge is -2.63. The van der Waals surface area contributed by atoms with E-state index in [1.54, 1.807) is 0 Å². The van der Waals surface area contributed by atoms with Crippen molar-refractivity contribution in [2.75, 3.05) is 0 Å². The topological polar surface area (TPSA) is 27.7 Å². The molecule has 0 N–H and O–H groups in total. The van der Waals surface area contributed by atoms with Crippen molar-refractivity contribution < 1.29 is 14.2 Å². The van der Waals surface area contributed by atoms with Crippen molar-refractivity contribution in [2.45, 2.75) is 79.2 Å². The zero-order valence-electron chi connectivity index (χ0n) is 12.4. The van der Waals surface area contributed by atoms with Crippen LogP contribution in [0.25, 0.3) is 0 Å². The van der Waals surface area contributed by atoms with Crippen molar-refractivity contribution in [1.29, 1.82) is 0 Å². The first-order valence-electron chi connectivity index (χ1n) is 6.43. The summed E-state index contributed by atoms with van der Waals surface area (Å²) in [5, 5.41) is 0. The fourth-order valence-electron chi connectivity index (χ4n) is 2.09. The highest BCUT2D eigenvalue weighted by molar-refractivity contribution is 5.03. The van der Waals surface area contributed by atoms with Crippen molar-refractivity contribution in [1.82, 2.24) is 0 Å². The van der Waals surface area contributed by atoms with Gasteiger partial charge >= 0.3 is 0 Å². The quantitative estimate of drug-likeness (QED) is 0.743. The van der Waals surface area contributed by atoms with E-state index in [2.05, 4.69) is 55.4 Å². The number of hydrogen-bond acceptors (Lipinski definition) is 3. The minimum Gasteiger partial charge on any atom is -0.345 e. The van der Waals surface area contributed by atoms with Crippen LogP contribution < -0.4 is 0 Å². The zero-order valence-corrected chi connectivity index (χ0v) is 12.4. The van der Waals surface area contributed by atoms with Crippen molar-refractivity contribution in [3.63, 3.8) is 0 Å². The summed E-state index contributed by atoms with van der Waals surface area (Å²) in [6.45, 7) is 17.1. The predicted octanol–water partition coefficient (Wildman–Crippen LogP) is 3.33. The molecular formula is C14H26O3. The van der Waals surface area contributed by atoms with Gasteiger partial charge in [0.15, 0.2) is 12.6 Å². The van der Waals surface area contributed by atoms with Crippen LogP contribution in [0, 0.1) is 10.8 Å². The van der Waals surface area contributed by atoms with E-state index in [4.69, 9.17) is 14.2 Å². The third kappa shape index (κ3) is 1.59. The maximum absolute atomic E-state index is 5.98. The van der Waals surface area contributed by atoms with Gasteiger partial charge in [-0.3, -0.25) is 0 Å². The average Bonchev–Trinajstić information content (AvgIpc) is 2.15. The van der Waals surface area contributed by atoms with Crippen LogP contribution in [0.15, 0.2) is 0 Å². The van der Waals surface area contributed by atoms with Crippen LogP contribution in [-0.2, 0) is 14.2 Å². The summed E-state index contributed by atoms with van der Waals surface area (Å²) in [5.41, 5.74) is -0.208. The van der Waals surface area contributed by atoms with Gasteiger partial charge in [0.1, 0.15) is 0 Å². The molecule has 0 aromatic heterocycles. The summed E-state index contributed by atoms with van der Waals surface area (Å²) < 4.78 is 17.6. The van der Waals surface area contributed by atoms with Gasteiger partial charge in [0.25, 0.3) is 0 Å². The molecule has 2 saturated heterocycles. The monoisotopic (exact) mass is 242 g/mol. The maximum atomic E-state index is 5.98. The summed E-state index contributed by atoms with van der Waals surface area (Å²) in [5.74, 6) is 0. The molecule has 0 aromatic rings. The van der Waals surface area contributed by atoms with Crippen molar-refractivity contribution in [2.24, 2.45) is 10.8 Å². The lowest BCUT2D eigenvalue weighted by atomic mass is 9.69. The SMILES string of the molecule is CC1(C)OC(OC2OC(C)(C)C2(C)C)C1(C)C. The van der Waals surface area contributed by atoms with Crippen molar-refractivity contribution in [3.8, 4) is 0 Å². The first kappa shape index (κ1) is 13.3. The van der Waals surface area contributed by atoms with Gasteiger partial charge in [-0.15, -0.1) is 0 Å². The summed E-state index contributed by atoms with van der Waals surface area (Å²) >= 11 is 0. The maximum Gasteiger partial charge on any atom is 0.169 e. The Bertz CT molecular complexity index is 296. The summed E-state index contributed by atoms with van der Waals surface area (Å²) in [6, 6.07) is 0. The second-order valence-electron chi connectivity index (χ2n) is 7.50. The Morgan fingerprint density at radius 2 is 0.941 bits per heavy atom. The van der Waals surface area contributed by atoms with Crippen LogP contribution in [0.4, 0.5) is 0 Å². The number of ether oxygens (including phenoxy) is 3. The van der Waals surface area contributed by atoms with Gasteiger partial charge in [0.2, 0.25) is 0 Å². The van der Waals surface area contributed by atoms with E-state index < -0.39 is 0 Å². The number of hydrogen-bond donors (Lipinski definition) is 0. The van der Waals surface area contributed by atoms with E-state index in [-0.39, 0.29) is 34.6 Å². The highest BCUT2D eigenvalue weighted by Crippen LogP contribution is 2.55. The average molecular weight is 242 g/mol. The third-order valence-corrected chi connectivity index (χ3v) is 5.33. The predicted molar refractivity (Wildman–Crippen MR) is 66.6 cm³/mol. The fraction of sp³-hybridized carbons (Fsp3) is 1.00. The van der Waals surface area contributed by atoms with E-state index in [0.29, 0.717) is 0 Å². The zero-order chi connectivity index (χ0) is 13.3. The first-order valence-corrected chi connectivity index (χ1v) is 6.43. The van der Waals surface area contributed by atoms with Crippen molar-refractivity contribution >= 4 is 0 Å². The van der Waals surface area contributed by atoms with Gasteiger partial charge in [0.05, 0.1) is 11.2 Å². The minimum absolute atomic E-state index is 0.0200. The molecule has 0 bridgehead atoms. The summed E-state index contributed by atoms with van der Waals surface area (Å²) in [4.78, 5) is 0. The summed E-state index contributed by atoms with van der Waals surface area (Å²) in [6.07, 6.45) is -0.337. The lowest BCUT2D eigenvalue weighted by Crippen LogP contribution is -2.70. The Morgan fingerprint density at radius 3 is 1.12 bits per heavy atom. The second kappa shape index (κ2) is 3.25. The molecule has 2 unspecified atom stereocenters. The molecule has 0 spiro atoms. The molecule has 0 amide bonds. The molecule has 0 aliphatic carbocycles. The Kier molecular flexibility index (Phi) is 2.55. The normalized spacial score (nSPS) is 40.2. The molecule has 2 atom stereocenters. The third-order valence-electron chi connectivity index (χ3n) is 5.33.